The summed E-state index contributed by atoms with van der Waals surface area (Å²) < 4.78 is 10.8. The fraction of sp³-hybridized carbons (Fsp3) is 0.286. The van der Waals surface area contributed by atoms with Crippen molar-refractivity contribution in [3.05, 3.63) is 66.7 Å². The van der Waals surface area contributed by atoms with Crippen LogP contribution in [-0.4, -0.2) is 25.8 Å². The summed E-state index contributed by atoms with van der Waals surface area (Å²) in [5.74, 6) is 1.48. The number of carbonyl (C=O) groups excluding carboxylic acids is 1. The Bertz CT molecular complexity index is 787. The molecule has 1 heterocycles. The molecular weight excluding hydrogens is 328 g/mol. The topological polar surface area (TPSA) is 50.8 Å². The Balaban J connectivity index is 1.69. The minimum Gasteiger partial charge on any atom is -0.454 e. The van der Waals surface area contributed by atoms with Crippen molar-refractivity contribution in [1.82, 2.24) is 5.32 Å². The second-order valence-electron chi connectivity index (χ2n) is 6.68. The van der Waals surface area contributed by atoms with E-state index in [1.165, 1.54) is 0 Å². The number of carbonyl (C=O) groups is 1. The second-order valence-corrected chi connectivity index (χ2v) is 6.68. The molecule has 0 aliphatic carbocycles. The van der Waals surface area contributed by atoms with Crippen LogP contribution in [0.1, 0.15) is 19.4 Å². The van der Waals surface area contributed by atoms with E-state index in [2.05, 4.69) is 11.9 Å². The average Bonchev–Trinajstić information content (AvgIpc) is 3.13. The van der Waals surface area contributed by atoms with Crippen molar-refractivity contribution in [1.29, 1.82) is 0 Å². The summed E-state index contributed by atoms with van der Waals surface area (Å²) in [5.41, 5.74) is 1.50. The van der Waals surface area contributed by atoms with Crippen molar-refractivity contribution >= 4 is 11.6 Å². The van der Waals surface area contributed by atoms with Gasteiger partial charge in [0.25, 0.3) is 0 Å². The SMILES string of the molecule is C=CCN(C(=O)CNC(C)(C)c1ccc2c(c1)OCO2)c1ccccc1. The molecule has 1 amide bonds. The minimum absolute atomic E-state index is 0.00933. The van der Waals surface area contributed by atoms with Gasteiger partial charge in [-0.15, -0.1) is 6.58 Å². The van der Waals surface area contributed by atoms with E-state index in [0.717, 1.165) is 22.7 Å². The first kappa shape index (κ1) is 18.0. The van der Waals surface area contributed by atoms with Gasteiger partial charge in [-0.3, -0.25) is 10.1 Å². The first-order valence-electron chi connectivity index (χ1n) is 8.63. The van der Waals surface area contributed by atoms with E-state index in [9.17, 15) is 4.79 Å². The zero-order chi connectivity index (χ0) is 18.6. The fourth-order valence-corrected chi connectivity index (χ4v) is 2.87. The minimum atomic E-state index is -0.396. The molecular formula is C21H24N2O3. The van der Waals surface area contributed by atoms with Crippen LogP contribution in [0.15, 0.2) is 61.2 Å². The molecule has 136 valence electrons. The van der Waals surface area contributed by atoms with Gasteiger partial charge >= 0.3 is 0 Å². The Morgan fingerprint density at radius 3 is 2.65 bits per heavy atom. The average molecular weight is 352 g/mol. The van der Waals surface area contributed by atoms with Crippen molar-refractivity contribution in [2.75, 3.05) is 24.8 Å². The summed E-state index contributed by atoms with van der Waals surface area (Å²) in [6, 6.07) is 15.5. The van der Waals surface area contributed by atoms with E-state index in [0.29, 0.717) is 6.54 Å². The predicted molar refractivity (Wildman–Crippen MR) is 103 cm³/mol. The third-order valence-corrected chi connectivity index (χ3v) is 4.46. The van der Waals surface area contributed by atoms with Crippen molar-refractivity contribution in [2.24, 2.45) is 0 Å². The highest BCUT2D eigenvalue weighted by Gasteiger charge is 2.25. The number of rotatable bonds is 7. The second kappa shape index (κ2) is 7.62. The number of fused-ring (bicyclic) bond motifs is 1. The number of benzene rings is 2. The van der Waals surface area contributed by atoms with Gasteiger partial charge in [-0.25, -0.2) is 0 Å². The van der Waals surface area contributed by atoms with Gasteiger partial charge in [-0.1, -0.05) is 30.3 Å². The summed E-state index contributed by atoms with van der Waals surface area (Å²) in [4.78, 5) is 14.5. The number of hydrogen-bond acceptors (Lipinski definition) is 4. The number of anilines is 1. The highest BCUT2D eigenvalue weighted by Crippen LogP contribution is 2.35. The van der Waals surface area contributed by atoms with Crippen LogP contribution in [0.2, 0.25) is 0 Å². The van der Waals surface area contributed by atoms with Crippen LogP contribution in [0.25, 0.3) is 0 Å². The molecule has 0 spiro atoms. The Labute approximate surface area is 154 Å². The standard InChI is InChI=1S/C21H24N2O3/c1-4-12-23(17-8-6-5-7-9-17)20(24)14-22-21(2,3)16-10-11-18-19(13-16)26-15-25-18/h4-11,13,22H,1,12,14-15H2,2-3H3. The predicted octanol–water partition coefficient (Wildman–Crippen LogP) is 3.46. The van der Waals surface area contributed by atoms with Crippen molar-refractivity contribution in [3.8, 4) is 11.5 Å². The Morgan fingerprint density at radius 1 is 1.19 bits per heavy atom. The van der Waals surface area contributed by atoms with Gasteiger partial charge in [-0.05, 0) is 43.7 Å². The number of para-hydroxylation sites is 1. The van der Waals surface area contributed by atoms with E-state index in [4.69, 9.17) is 9.47 Å². The third-order valence-electron chi connectivity index (χ3n) is 4.46. The smallest absolute Gasteiger partial charge is 0.241 e. The van der Waals surface area contributed by atoms with E-state index >= 15 is 0 Å². The van der Waals surface area contributed by atoms with Gasteiger partial charge in [0.15, 0.2) is 11.5 Å². The molecule has 26 heavy (non-hydrogen) atoms. The first-order chi connectivity index (χ1) is 12.5. The lowest BCUT2D eigenvalue weighted by Gasteiger charge is -2.29. The third kappa shape index (κ3) is 3.89. The molecule has 0 unspecified atom stereocenters. The monoisotopic (exact) mass is 352 g/mol. The van der Waals surface area contributed by atoms with E-state index < -0.39 is 5.54 Å². The molecule has 5 heteroatoms. The number of nitrogens with one attached hydrogen (secondary N) is 1. The van der Waals surface area contributed by atoms with Gasteiger partial charge in [0, 0.05) is 17.8 Å². The summed E-state index contributed by atoms with van der Waals surface area (Å²) in [6.07, 6.45) is 1.73. The maximum Gasteiger partial charge on any atom is 0.241 e. The lowest BCUT2D eigenvalue weighted by molar-refractivity contribution is -0.118. The number of amides is 1. The van der Waals surface area contributed by atoms with Gasteiger partial charge in [-0.2, -0.15) is 0 Å². The number of ether oxygens (including phenoxy) is 2. The number of hydrogen-bond donors (Lipinski definition) is 1. The van der Waals surface area contributed by atoms with Crippen molar-refractivity contribution < 1.29 is 14.3 Å². The van der Waals surface area contributed by atoms with Crippen LogP contribution >= 0.6 is 0 Å². The molecule has 0 saturated carbocycles. The summed E-state index contributed by atoms with van der Waals surface area (Å²) in [7, 11) is 0. The van der Waals surface area contributed by atoms with Gasteiger partial charge in [0.1, 0.15) is 0 Å². The van der Waals surface area contributed by atoms with Crippen LogP contribution in [0.3, 0.4) is 0 Å². The zero-order valence-electron chi connectivity index (χ0n) is 15.2. The molecule has 0 aromatic heterocycles. The molecule has 2 aromatic rings. The van der Waals surface area contributed by atoms with E-state index in [1.807, 2.05) is 62.4 Å². The normalized spacial score (nSPS) is 12.7. The summed E-state index contributed by atoms with van der Waals surface area (Å²) in [5, 5.41) is 3.35. The number of nitrogens with zero attached hydrogens (tertiary/aromatic N) is 1. The van der Waals surface area contributed by atoms with E-state index in [1.54, 1.807) is 11.0 Å². The maximum atomic E-state index is 12.8. The van der Waals surface area contributed by atoms with Crippen LogP contribution in [-0.2, 0) is 10.3 Å². The highest BCUT2D eigenvalue weighted by atomic mass is 16.7. The highest BCUT2D eigenvalue weighted by molar-refractivity contribution is 5.95. The molecule has 3 rings (SSSR count). The molecule has 5 nitrogen and oxygen atoms in total. The lowest BCUT2D eigenvalue weighted by Crippen LogP contribution is -2.45. The fourth-order valence-electron chi connectivity index (χ4n) is 2.87. The Kier molecular flexibility index (Phi) is 5.28. The molecule has 0 bridgehead atoms. The van der Waals surface area contributed by atoms with Gasteiger partial charge < -0.3 is 14.4 Å². The summed E-state index contributed by atoms with van der Waals surface area (Å²) in [6.45, 7) is 8.77. The van der Waals surface area contributed by atoms with Crippen LogP contribution < -0.4 is 19.7 Å². The van der Waals surface area contributed by atoms with Crippen molar-refractivity contribution in [2.45, 2.75) is 19.4 Å². The summed E-state index contributed by atoms with van der Waals surface area (Å²) >= 11 is 0. The van der Waals surface area contributed by atoms with Crippen LogP contribution in [0.4, 0.5) is 5.69 Å². The zero-order valence-corrected chi connectivity index (χ0v) is 15.2. The molecule has 0 radical (unpaired) electrons. The molecule has 1 aliphatic heterocycles. The largest absolute Gasteiger partial charge is 0.454 e. The van der Waals surface area contributed by atoms with Crippen LogP contribution in [0, 0.1) is 0 Å². The Hall–Kier alpha value is -2.79. The molecule has 1 N–H and O–H groups in total. The van der Waals surface area contributed by atoms with Crippen LogP contribution in [0.5, 0.6) is 11.5 Å². The quantitative estimate of drug-likeness (QED) is 0.776. The van der Waals surface area contributed by atoms with E-state index in [-0.39, 0.29) is 19.2 Å². The molecule has 1 aliphatic rings. The Morgan fingerprint density at radius 2 is 1.92 bits per heavy atom. The molecule has 2 aromatic carbocycles. The van der Waals surface area contributed by atoms with Crippen molar-refractivity contribution in [3.63, 3.8) is 0 Å². The van der Waals surface area contributed by atoms with Gasteiger partial charge in [0.2, 0.25) is 12.7 Å². The maximum absolute atomic E-state index is 12.8. The van der Waals surface area contributed by atoms with Gasteiger partial charge in [0.05, 0.1) is 6.54 Å². The molecule has 0 fully saturated rings. The first-order valence-corrected chi connectivity index (χ1v) is 8.63. The molecule has 0 saturated heterocycles. The lowest BCUT2D eigenvalue weighted by atomic mass is 9.94. The molecule has 0 atom stereocenters.